The summed E-state index contributed by atoms with van der Waals surface area (Å²) in [4.78, 5) is 63.2. The topological polar surface area (TPSA) is 178 Å². The molecule has 16 heteroatoms. The molecule has 6 heterocycles. The van der Waals surface area contributed by atoms with E-state index in [9.17, 15) is 14.4 Å². The van der Waals surface area contributed by atoms with Crippen LogP contribution in [0.25, 0.3) is 33.5 Å². The van der Waals surface area contributed by atoms with Crippen LogP contribution >= 0.6 is 0 Å². The van der Waals surface area contributed by atoms with Crippen molar-refractivity contribution in [3.63, 3.8) is 0 Å². The van der Waals surface area contributed by atoms with Crippen molar-refractivity contribution in [2.45, 2.75) is 65.3 Å². The summed E-state index contributed by atoms with van der Waals surface area (Å²) in [7, 11) is 1.62. The minimum atomic E-state index is -0.411. The Bertz CT molecular complexity index is 2710. The van der Waals surface area contributed by atoms with Crippen LogP contribution in [0.4, 0.5) is 21.9 Å². The highest BCUT2D eigenvalue weighted by Crippen LogP contribution is 2.36. The second-order valence-electron chi connectivity index (χ2n) is 18.5. The number of urea groups is 1. The minimum absolute atomic E-state index is 0.0476. The van der Waals surface area contributed by atoms with E-state index in [1.54, 1.807) is 18.3 Å². The van der Waals surface area contributed by atoms with E-state index < -0.39 is 11.9 Å². The largest absolute Gasteiger partial charge is 0.494 e. The van der Waals surface area contributed by atoms with Crippen molar-refractivity contribution >= 4 is 45.9 Å². The lowest BCUT2D eigenvalue weighted by atomic mass is 9.95. The molecule has 65 heavy (non-hydrogen) atoms. The molecule has 0 radical (unpaired) electrons. The number of fused-ring (bicyclic) bond motifs is 1. The summed E-state index contributed by atoms with van der Waals surface area (Å²) in [6.07, 6.45) is 4.11. The lowest BCUT2D eigenvalue weighted by Crippen LogP contribution is -2.49. The molecule has 16 nitrogen and oxygen atoms in total. The second kappa shape index (κ2) is 18.0. The van der Waals surface area contributed by atoms with Crippen molar-refractivity contribution in [1.82, 2.24) is 40.6 Å². The Morgan fingerprint density at radius 2 is 1.62 bits per heavy atom. The standard InChI is InChI=1S/C49H57N11O5/c1-30-25-34(9-13-37(30)31(2)52-45(62)46-55-47(56-65-46)49(3,4)5)43-38-27-39(53-44(38)51-29-50-43)33-7-10-35(11-8-33)59-23-21-57(22-24-59)28-32-15-18-58(19-16-32)36-12-14-40(41(26-36)64-6)60-20-17-42(61)54-48(60)63/h7-14,25-27,29,31-32H,15-24,28H2,1-6H3,(H,52,62)(H,50,51,53)(H,54,61,63). The van der Waals surface area contributed by atoms with Crippen LogP contribution in [0.15, 0.2) is 77.6 Å². The number of methoxy groups -OCH3 is 1. The van der Waals surface area contributed by atoms with E-state index >= 15 is 0 Å². The maximum atomic E-state index is 13.0. The van der Waals surface area contributed by atoms with E-state index in [1.165, 1.54) is 5.69 Å². The number of anilines is 3. The lowest BCUT2D eigenvalue weighted by molar-refractivity contribution is -0.120. The van der Waals surface area contributed by atoms with Gasteiger partial charge in [-0.15, -0.1) is 0 Å². The van der Waals surface area contributed by atoms with E-state index in [4.69, 9.17) is 14.2 Å². The van der Waals surface area contributed by atoms with Crippen LogP contribution in [0.5, 0.6) is 5.75 Å². The number of piperazine rings is 1. The van der Waals surface area contributed by atoms with Crippen molar-refractivity contribution in [2.75, 3.05) is 74.2 Å². The summed E-state index contributed by atoms with van der Waals surface area (Å²) in [5.41, 5.74) is 9.29. The first kappa shape index (κ1) is 43.4. The Hall–Kier alpha value is -6.81. The highest BCUT2D eigenvalue weighted by Gasteiger charge is 2.29. The van der Waals surface area contributed by atoms with Crippen LogP contribution in [0, 0.1) is 12.8 Å². The van der Waals surface area contributed by atoms with Gasteiger partial charge in [-0.2, -0.15) is 4.98 Å². The van der Waals surface area contributed by atoms with Gasteiger partial charge in [0.15, 0.2) is 5.82 Å². The third-order valence-corrected chi connectivity index (χ3v) is 13.0. The normalized spacial score (nSPS) is 17.1. The molecular formula is C49H57N11O5. The maximum Gasteiger partial charge on any atom is 0.328 e. The Kier molecular flexibility index (Phi) is 12.0. The number of rotatable bonds is 11. The molecule has 9 rings (SSSR count). The molecule has 0 spiro atoms. The minimum Gasteiger partial charge on any atom is -0.494 e. The number of aromatic nitrogens is 5. The van der Waals surface area contributed by atoms with Crippen LogP contribution in [0.2, 0.25) is 0 Å². The highest BCUT2D eigenvalue weighted by molar-refractivity contribution is 6.06. The van der Waals surface area contributed by atoms with Gasteiger partial charge < -0.3 is 29.4 Å². The second-order valence-corrected chi connectivity index (χ2v) is 18.5. The molecule has 3 saturated heterocycles. The Morgan fingerprint density at radius 1 is 0.892 bits per heavy atom. The van der Waals surface area contributed by atoms with Gasteiger partial charge in [-0.3, -0.25) is 24.7 Å². The summed E-state index contributed by atoms with van der Waals surface area (Å²) in [6, 6.07) is 22.4. The fourth-order valence-corrected chi connectivity index (χ4v) is 9.25. The monoisotopic (exact) mass is 879 g/mol. The number of imide groups is 1. The van der Waals surface area contributed by atoms with Gasteiger partial charge in [0.25, 0.3) is 0 Å². The molecule has 3 aliphatic heterocycles. The molecule has 3 aliphatic rings. The third kappa shape index (κ3) is 9.26. The van der Waals surface area contributed by atoms with Crippen molar-refractivity contribution in [2.24, 2.45) is 5.92 Å². The molecule has 3 aromatic heterocycles. The molecule has 0 bridgehead atoms. The van der Waals surface area contributed by atoms with Crippen molar-refractivity contribution in [3.05, 3.63) is 95.9 Å². The van der Waals surface area contributed by atoms with Crippen LogP contribution in [0.1, 0.15) is 80.6 Å². The summed E-state index contributed by atoms with van der Waals surface area (Å²) in [5.74, 6) is 1.06. The number of hydrogen-bond donors (Lipinski definition) is 3. The number of nitrogens with zero attached hydrogens (tertiary/aromatic N) is 8. The number of carbonyl (C=O) groups is 3. The number of piperidine rings is 1. The molecule has 0 aliphatic carbocycles. The zero-order valence-electron chi connectivity index (χ0n) is 38.0. The molecule has 1 unspecified atom stereocenters. The lowest BCUT2D eigenvalue weighted by Gasteiger charge is -2.40. The number of nitrogens with one attached hydrogen (secondary N) is 3. The molecule has 3 N–H and O–H groups in total. The quantitative estimate of drug-likeness (QED) is 0.119. The number of benzene rings is 3. The number of hydrogen-bond acceptors (Lipinski definition) is 12. The fraction of sp³-hybridized carbons (Fsp3) is 0.408. The average Bonchev–Trinajstić information content (AvgIpc) is 3.99. The molecule has 0 saturated carbocycles. The van der Waals surface area contributed by atoms with E-state index in [0.717, 1.165) is 109 Å². The van der Waals surface area contributed by atoms with Gasteiger partial charge >= 0.3 is 17.8 Å². The van der Waals surface area contributed by atoms with E-state index in [2.05, 4.69) is 87.9 Å². The summed E-state index contributed by atoms with van der Waals surface area (Å²) >= 11 is 0. The van der Waals surface area contributed by atoms with Gasteiger partial charge in [0.2, 0.25) is 5.91 Å². The van der Waals surface area contributed by atoms with Gasteiger partial charge in [0.05, 0.1) is 24.5 Å². The predicted octanol–water partition coefficient (Wildman–Crippen LogP) is 7.27. The highest BCUT2D eigenvalue weighted by atomic mass is 16.5. The first-order chi connectivity index (χ1) is 31.3. The smallest absolute Gasteiger partial charge is 0.328 e. The molecule has 338 valence electrons. The van der Waals surface area contributed by atoms with Crippen LogP contribution in [-0.4, -0.2) is 107 Å². The molecule has 3 fully saturated rings. The Morgan fingerprint density at radius 3 is 2.31 bits per heavy atom. The van der Waals surface area contributed by atoms with E-state index in [0.29, 0.717) is 29.7 Å². The molecule has 4 amide bonds. The van der Waals surface area contributed by atoms with Crippen LogP contribution < -0.4 is 30.1 Å². The number of amides is 4. The van der Waals surface area contributed by atoms with E-state index in [-0.39, 0.29) is 29.7 Å². The van der Waals surface area contributed by atoms with Crippen molar-refractivity contribution in [1.29, 1.82) is 0 Å². The van der Waals surface area contributed by atoms with Crippen LogP contribution in [0.3, 0.4) is 0 Å². The molecular weight excluding hydrogens is 823 g/mol. The number of H-pyrrole nitrogens is 1. The maximum absolute atomic E-state index is 13.0. The number of carbonyl (C=O) groups excluding carboxylic acids is 3. The van der Waals surface area contributed by atoms with Gasteiger partial charge in [-0.25, -0.2) is 14.8 Å². The first-order valence-electron chi connectivity index (χ1n) is 22.5. The fourth-order valence-electron chi connectivity index (χ4n) is 9.25. The molecule has 3 aromatic carbocycles. The van der Waals surface area contributed by atoms with Crippen molar-refractivity contribution in [3.8, 4) is 28.3 Å². The number of aryl methyl sites for hydroxylation is 1. The van der Waals surface area contributed by atoms with Gasteiger partial charge in [-0.05, 0) is 85.7 Å². The zero-order chi connectivity index (χ0) is 45.4. The number of ether oxygens (including phenoxy) is 1. The third-order valence-electron chi connectivity index (χ3n) is 13.0. The van der Waals surface area contributed by atoms with Gasteiger partial charge in [0.1, 0.15) is 17.7 Å². The van der Waals surface area contributed by atoms with E-state index in [1.807, 2.05) is 58.9 Å². The summed E-state index contributed by atoms with van der Waals surface area (Å²) in [6.45, 7) is 17.3. The van der Waals surface area contributed by atoms with Crippen LogP contribution in [-0.2, 0) is 10.2 Å². The SMILES string of the molecule is COc1cc(N2CCC(CN3CCN(c4ccc(-c5cc6c(-c7ccc(C(C)NC(=O)c8nc(C(C)(C)C)no8)c(C)c7)ncnc6[nH]5)cc4)CC3)CC2)ccc1N1CCC(=O)NC1=O. The van der Waals surface area contributed by atoms with Crippen molar-refractivity contribution < 1.29 is 23.6 Å². The Labute approximate surface area is 378 Å². The van der Waals surface area contributed by atoms with Gasteiger partial charge in [-0.1, -0.05) is 50.2 Å². The predicted molar refractivity (Wildman–Crippen MR) is 250 cm³/mol. The average molecular weight is 880 g/mol. The summed E-state index contributed by atoms with van der Waals surface area (Å²) in [5, 5.41) is 10.3. The summed E-state index contributed by atoms with van der Waals surface area (Å²) < 4.78 is 10.9. The van der Waals surface area contributed by atoms with Gasteiger partial charge in [0, 0.05) is 98.3 Å². The first-order valence-corrected chi connectivity index (χ1v) is 22.5. The molecule has 6 aromatic rings. The zero-order valence-corrected chi connectivity index (χ0v) is 38.0. The Balaban J connectivity index is 0.773. The number of aromatic amines is 1. The molecule has 1 atom stereocenters.